The molecule has 0 amide bonds. The Balaban J connectivity index is 2.19. The summed E-state index contributed by atoms with van der Waals surface area (Å²) in [5.74, 6) is -0.345. The van der Waals surface area contributed by atoms with Crippen molar-refractivity contribution in [2.24, 2.45) is 0 Å². The molecule has 0 aliphatic carbocycles. The van der Waals surface area contributed by atoms with E-state index in [2.05, 4.69) is 4.72 Å². The van der Waals surface area contributed by atoms with Crippen LogP contribution in [0, 0.1) is 5.82 Å². The maximum atomic E-state index is 12.8. The average Bonchev–Trinajstić information content (AvgIpc) is 2.40. The van der Waals surface area contributed by atoms with Gasteiger partial charge in [0.2, 0.25) is 10.0 Å². The van der Waals surface area contributed by atoms with Gasteiger partial charge >= 0.3 is 0 Å². The van der Waals surface area contributed by atoms with Crippen molar-refractivity contribution < 1.29 is 12.8 Å². The summed E-state index contributed by atoms with van der Waals surface area (Å²) in [7, 11) is -3.56. The van der Waals surface area contributed by atoms with E-state index in [1.54, 1.807) is 37.3 Å². The first-order chi connectivity index (χ1) is 8.99. The minimum atomic E-state index is -3.56. The number of halogens is 1. The SMILES string of the molecule is C[C@@H](NS(=O)(=O)c1ccccc1)c1ccc(F)cc1. The maximum absolute atomic E-state index is 12.8. The zero-order valence-electron chi connectivity index (χ0n) is 10.4. The number of hydrogen-bond donors (Lipinski definition) is 1. The largest absolute Gasteiger partial charge is 0.241 e. The van der Waals surface area contributed by atoms with E-state index in [0.29, 0.717) is 5.56 Å². The van der Waals surface area contributed by atoms with Gasteiger partial charge in [0.05, 0.1) is 4.90 Å². The van der Waals surface area contributed by atoms with E-state index in [0.717, 1.165) is 0 Å². The first kappa shape index (κ1) is 13.7. The van der Waals surface area contributed by atoms with E-state index >= 15 is 0 Å². The molecule has 1 N–H and O–H groups in total. The summed E-state index contributed by atoms with van der Waals surface area (Å²) in [5, 5.41) is 0. The maximum Gasteiger partial charge on any atom is 0.241 e. The van der Waals surface area contributed by atoms with Gasteiger partial charge in [-0.3, -0.25) is 0 Å². The second-order valence-electron chi connectivity index (χ2n) is 4.21. The standard InChI is InChI=1S/C14H14FNO2S/c1-11(12-7-9-13(15)10-8-12)16-19(17,18)14-5-3-2-4-6-14/h2-11,16H,1H3/t11-/m1/s1. The fourth-order valence-electron chi connectivity index (χ4n) is 1.72. The van der Waals surface area contributed by atoms with Crippen LogP contribution >= 0.6 is 0 Å². The molecule has 0 saturated heterocycles. The minimum absolute atomic E-state index is 0.212. The van der Waals surface area contributed by atoms with Crippen molar-refractivity contribution in [2.45, 2.75) is 17.9 Å². The summed E-state index contributed by atoms with van der Waals surface area (Å²) < 4.78 is 39.6. The number of hydrogen-bond acceptors (Lipinski definition) is 2. The lowest BCUT2D eigenvalue weighted by Gasteiger charge is -2.14. The van der Waals surface area contributed by atoms with Crippen molar-refractivity contribution in [3.63, 3.8) is 0 Å². The van der Waals surface area contributed by atoms with Gasteiger partial charge in [0, 0.05) is 6.04 Å². The molecule has 0 aliphatic heterocycles. The fourth-order valence-corrected chi connectivity index (χ4v) is 2.97. The van der Waals surface area contributed by atoms with Crippen LogP contribution in [0.1, 0.15) is 18.5 Å². The Morgan fingerprint density at radius 2 is 1.58 bits per heavy atom. The lowest BCUT2D eigenvalue weighted by atomic mass is 10.1. The van der Waals surface area contributed by atoms with E-state index in [1.165, 1.54) is 24.3 Å². The number of rotatable bonds is 4. The fraction of sp³-hybridized carbons (Fsp3) is 0.143. The van der Waals surface area contributed by atoms with Gasteiger partial charge in [0.1, 0.15) is 5.82 Å². The Hall–Kier alpha value is -1.72. The quantitative estimate of drug-likeness (QED) is 0.935. The van der Waals surface area contributed by atoms with Crippen molar-refractivity contribution in [2.75, 3.05) is 0 Å². The zero-order chi connectivity index (χ0) is 13.9. The highest BCUT2D eigenvalue weighted by Gasteiger charge is 2.17. The molecule has 0 saturated carbocycles. The van der Waals surface area contributed by atoms with Crippen LogP contribution in [0.3, 0.4) is 0 Å². The molecule has 2 aromatic carbocycles. The molecule has 0 heterocycles. The molecule has 0 aromatic heterocycles. The lowest BCUT2D eigenvalue weighted by molar-refractivity contribution is 0.566. The Morgan fingerprint density at radius 1 is 1.00 bits per heavy atom. The zero-order valence-corrected chi connectivity index (χ0v) is 11.2. The van der Waals surface area contributed by atoms with Gasteiger partial charge in [0.15, 0.2) is 0 Å². The van der Waals surface area contributed by atoms with Gasteiger partial charge in [-0.2, -0.15) is 0 Å². The van der Waals surface area contributed by atoms with E-state index < -0.39 is 16.1 Å². The van der Waals surface area contributed by atoms with Crippen LogP contribution in [0.25, 0.3) is 0 Å². The normalized spacial score (nSPS) is 13.2. The van der Waals surface area contributed by atoms with Crippen LogP contribution in [0.15, 0.2) is 59.5 Å². The number of sulfonamides is 1. The second-order valence-corrected chi connectivity index (χ2v) is 5.92. The molecule has 0 unspecified atom stereocenters. The highest BCUT2D eigenvalue weighted by Crippen LogP contribution is 2.17. The smallest absolute Gasteiger partial charge is 0.207 e. The van der Waals surface area contributed by atoms with E-state index in [1.807, 2.05) is 0 Å². The lowest BCUT2D eigenvalue weighted by Crippen LogP contribution is -2.26. The van der Waals surface area contributed by atoms with Crippen molar-refractivity contribution in [1.29, 1.82) is 0 Å². The second kappa shape index (κ2) is 5.50. The molecule has 2 aromatic rings. The molecule has 3 nitrogen and oxygen atoms in total. The van der Waals surface area contributed by atoms with Crippen LogP contribution in [0.5, 0.6) is 0 Å². The molecule has 0 aliphatic rings. The van der Waals surface area contributed by atoms with Crippen LogP contribution < -0.4 is 4.72 Å². The van der Waals surface area contributed by atoms with Gasteiger partial charge in [-0.15, -0.1) is 0 Å². The summed E-state index contributed by atoms with van der Waals surface area (Å²) in [6.45, 7) is 1.72. The predicted octanol–water partition coefficient (Wildman–Crippen LogP) is 2.87. The Kier molecular flexibility index (Phi) is 3.97. The van der Waals surface area contributed by atoms with E-state index in [9.17, 15) is 12.8 Å². The van der Waals surface area contributed by atoms with Crippen molar-refractivity contribution >= 4 is 10.0 Å². The molecule has 2 rings (SSSR count). The third-order valence-electron chi connectivity index (χ3n) is 2.76. The molecule has 5 heteroatoms. The van der Waals surface area contributed by atoms with Crippen molar-refractivity contribution in [3.8, 4) is 0 Å². The number of nitrogens with one attached hydrogen (secondary N) is 1. The summed E-state index contributed by atoms with van der Waals surface area (Å²) >= 11 is 0. The van der Waals surface area contributed by atoms with Crippen LogP contribution in [0.4, 0.5) is 4.39 Å². The predicted molar refractivity (Wildman–Crippen MR) is 71.6 cm³/mol. The molecule has 19 heavy (non-hydrogen) atoms. The molecule has 0 bridgehead atoms. The molecule has 100 valence electrons. The molecule has 0 spiro atoms. The minimum Gasteiger partial charge on any atom is -0.207 e. The highest BCUT2D eigenvalue weighted by molar-refractivity contribution is 7.89. The molecular weight excluding hydrogens is 265 g/mol. The van der Waals surface area contributed by atoms with Gasteiger partial charge < -0.3 is 0 Å². The van der Waals surface area contributed by atoms with Gasteiger partial charge in [-0.25, -0.2) is 17.5 Å². The third-order valence-corrected chi connectivity index (χ3v) is 4.31. The topological polar surface area (TPSA) is 46.2 Å². The average molecular weight is 279 g/mol. The summed E-state index contributed by atoms with van der Waals surface area (Å²) in [6.07, 6.45) is 0. The van der Waals surface area contributed by atoms with Crippen LogP contribution in [-0.4, -0.2) is 8.42 Å². The van der Waals surface area contributed by atoms with Crippen molar-refractivity contribution in [3.05, 3.63) is 66.0 Å². The van der Waals surface area contributed by atoms with Crippen LogP contribution in [-0.2, 0) is 10.0 Å². The van der Waals surface area contributed by atoms with E-state index in [-0.39, 0.29) is 10.7 Å². The van der Waals surface area contributed by atoms with Gasteiger partial charge in [0.25, 0.3) is 0 Å². The van der Waals surface area contributed by atoms with E-state index in [4.69, 9.17) is 0 Å². The monoisotopic (exact) mass is 279 g/mol. The summed E-state index contributed by atoms with van der Waals surface area (Å²) in [4.78, 5) is 0.212. The van der Waals surface area contributed by atoms with Gasteiger partial charge in [-0.1, -0.05) is 30.3 Å². The first-order valence-electron chi connectivity index (χ1n) is 5.82. The first-order valence-corrected chi connectivity index (χ1v) is 7.30. The highest BCUT2D eigenvalue weighted by atomic mass is 32.2. The van der Waals surface area contributed by atoms with Gasteiger partial charge in [-0.05, 0) is 36.8 Å². The summed E-state index contributed by atoms with van der Waals surface area (Å²) in [6, 6.07) is 13.5. The Morgan fingerprint density at radius 3 is 2.16 bits per heavy atom. The Labute approximate surface area is 112 Å². The molecule has 0 fully saturated rings. The third kappa shape index (κ3) is 3.39. The molecule has 1 atom stereocenters. The van der Waals surface area contributed by atoms with Crippen LogP contribution in [0.2, 0.25) is 0 Å². The van der Waals surface area contributed by atoms with Crippen molar-refractivity contribution in [1.82, 2.24) is 4.72 Å². The number of benzene rings is 2. The summed E-state index contributed by atoms with van der Waals surface area (Å²) in [5.41, 5.74) is 0.709. The Bertz CT molecular complexity index is 639. The molecular formula is C14H14FNO2S. The molecule has 0 radical (unpaired) electrons.